The molecular formula is C11H8O3. The lowest BCUT2D eigenvalue weighted by Crippen LogP contribution is -1.96. The highest BCUT2D eigenvalue weighted by Crippen LogP contribution is 2.24. The van der Waals surface area contributed by atoms with E-state index in [1.54, 1.807) is 6.07 Å². The summed E-state index contributed by atoms with van der Waals surface area (Å²) in [7, 11) is 0. The van der Waals surface area contributed by atoms with Crippen LogP contribution in [0.1, 0.15) is 10.4 Å². The summed E-state index contributed by atoms with van der Waals surface area (Å²) in [5.41, 5.74) is -0.0660. The Kier molecular flexibility index (Phi) is 1.85. The monoisotopic (exact) mass is 189 g/mol. The summed E-state index contributed by atoms with van der Waals surface area (Å²) in [6.07, 6.45) is 0. The maximum absolute atomic E-state index is 10.7. The van der Waals surface area contributed by atoms with Crippen molar-refractivity contribution in [2.45, 2.75) is 0 Å². The number of aromatic hydroxyl groups is 1. The Morgan fingerprint density at radius 1 is 1.07 bits per heavy atom. The predicted octanol–water partition coefficient (Wildman–Crippen LogP) is 2.24. The third kappa shape index (κ3) is 1.29. The molecule has 0 heterocycles. The van der Waals surface area contributed by atoms with Crippen LogP contribution in [-0.2, 0) is 0 Å². The van der Waals surface area contributed by atoms with Gasteiger partial charge >= 0.3 is 5.97 Å². The molecule has 70 valence electrons. The highest BCUT2D eigenvalue weighted by molar-refractivity contribution is 5.97. The summed E-state index contributed by atoms with van der Waals surface area (Å²) in [4.78, 5) is 10.7. The Bertz CT molecular complexity index is 503. The minimum atomic E-state index is -1.12. The number of carboxylic acids is 1. The second-order valence-electron chi connectivity index (χ2n) is 3.02. The molecule has 0 saturated heterocycles. The van der Waals surface area contributed by atoms with Gasteiger partial charge in [0.05, 0.1) is 0 Å². The number of hydrogen-bond acceptors (Lipinski definition) is 2. The molecule has 0 spiro atoms. The number of rotatable bonds is 1. The number of phenols is 1. The van der Waals surface area contributed by atoms with E-state index in [4.69, 9.17) is 5.11 Å². The molecule has 0 aliphatic heterocycles. The number of fused-ring (bicyclic) bond motifs is 1. The first-order valence-electron chi connectivity index (χ1n) is 4.13. The van der Waals surface area contributed by atoms with Crippen LogP contribution < -0.4 is 0 Å². The zero-order chi connectivity index (χ0) is 10.1. The van der Waals surface area contributed by atoms with Crippen molar-refractivity contribution in [3.63, 3.8) is 0 Å². The molecule has 2 N–H and O–H groups in total. The first kappa shape index (κ1) is 8.56. The van der Waals surface area contributed by atoms with Gasteiger partial charge in [0.15, 0.2) is 0 Å². The lowest BCUT2D eigenvalue weighted by molar-refractivity contribution is 0.0694. The summed E-state index contributed by atoms with van der Waals surface area (Å²) in [6, 6.07) is 10.2. The van der Waals surface area contributed by atoms with E-state index < -0.39 is 5.97 Å². The number of aromatic carboxylic acids is 1. The lowest BCUT2D eigenvalue weighted by atomic mass is 10.1. The van der Waals surface area contributed by atoms with Crippen LogP contribution in [0.25, 0.3) is 10.8 Å². The normalized spacial score (nSPS) is 10.3. The average molecular weight is 189 g/mol. The van der Waals surface area contributed by atoms with Gasteiger partial charge < -0.3 is 10.2 Å². The third-order valence-corrected chi connectivity index (χ3v) is 2.09. The van der Waals surface area contributed by atoms with E-state index in [2.05, 4.69) is 0 Å². The fourth-order valence-electron chi connectivity index (χ4n) is 1.40. The molecule has 2 aromatic rings. The van der Waals surface area contributed by atoms with Gasteiger partial charge in [-0.15, -0.1) is 0 Å². The van der Waals surface area contributed by atoms with Crippen molar-refractivity contribution in [3.8, 4) is 5.75 Å². The molecule has 2 rings (SSSR count). The van der Waals surface area contributed by atoms with Gasteiger partial charge in [0, 0.05) is 0 Å². The predicted molar refractivity (Wildman–Crippen MR) is 52.6 cm³/mol. The second kappa shape index (κ2) is 3.03. The quantitative estimate of drug-likeness (QED) is 0.723. The number of hydrogen-bond donors (Lipinski definition) is 2. The minimum Gasteiger partial charge on any atom is -0.507 e. The Morgan fingerprint density at radius 2 is 1.64 bits per heavy atom. The zero-order valence-corrected chi connectivity index (χ0v) is 7.27. The van der Waals surface area contributed by atoms with E-state index in [-0.39, 0.29) is 11.3 Å². The molecular weight excluding hydrogens is 181 g/mol. The smallest absolute Gasteiger partial charge is 0.339 e. The Morgan fingerprint density at radius 3 is 2.21 bits per heavy atom. The first-order chi connectivity index (χ1) is 6.68. The summed E-state index contributed by atoms with van der Waals surface area (Å²) < 4.78 is 0. The fourth-order valence-corrected chi connectivity index (χ4v) is 1.40. The minimum absolute atomic E-state index is 0.0660. The van der Waals surface area contributed by atoms with Gasteiger partial charge in [-0.25, -0.2) is 4.79 Å². The number of benzene rings is 2. The van der Waals surface area contributed by atoms with E-state index in [1.807, 2.05) is 18.2 Å². The van der Waals surface area contributed by atoms with Crippen molar-refractivity contribution < 1.29 is 15.0 Å². The van der Waals surface area contributed by atoms with Crippen molar-refractivity contribution in [1.82, 2.24) is 0 Å². The van der Waals surface area contributed by atoms with Gasteiger partial charge in [-0.3, -0.25) is 0 Å². The van der Waals surface area contributed by atoms with Crippen LogP contribution in [0.3, 0.4) is 0 Å². The van der Waals surface area contributed by atoms with Crippen molar-refractivity contribution in [2.24, 2.45) is 0 Å². The van der Waals surface area contributed by atoms with Crippen molar-refractivity contribution in [2.75, 3.05) is 0 Å². The second-order valence-corrected chi connectivity index (χ2v) is 3.02. The third-order valence-electron chi connectivity index (χ3n) is 2.09. The van der Waals surface area contributed by atoms with Gasteiger partial charge in [0.25, 0.3) is 0 Å². The molecule has 0 bridgehead atoms. The molecule has 0 aliphatic rings. The highest BCUT2D eigenvalue weighted by Gasteiger charge is 2.09. The van der Waals surface area contributed by atoms with Crippen LogP contribution in [0.5, 0.6) is 5.75 Å². The molecule has 0 fully saturated rings. The van der Waals surface area contributed by atoms with E-state index in [9.17, 15) is 9.90 Å². The Balaban J connectivity index is 2.77. The van der Waals surface area contributed by atoms with Crippen LogP contribution in [0.2, 0.25) is 0 Å². The molecule has 3 nitrogen and oxygen atoms in total. The maximum atomic E-state index is 10.7. The van der Waals surface area contributed by atoms with Crippen LogP contribution in [-0.4, -0.2) is 16.2 Å². The number of carboxylic acid groups (broad SMARTS) is 1. The molecule has 14 heavy (non-hydrogen) atoms. The molecule has 0 amide bonds. The molecule has 0 atom stereocenters. The average Bonchev–Trinajstić information content (AvgIpc) is 2.16. The van der Waals surface area contributed by atoms with E-state index in [1.165, 1.54) is 12.1 Å². The van der Waals surface area contributed by atoms with E-state index in [0.717, 1.165) is 10.8 Å². The topological polar surface area (TPSA) is 57.5 Å². The molecule has 0 aromatic heterocycles. The SMILES string of the molecule is O=C(O)c1cc2ccccc2c[13c]1O. The van der Waals surface area contributed by atoms with Gasteiger partial charge in [0.2, 0.25) is 0 Å². The first-order valence-corrected chi connectivity index (χ1v) is 4.13. The molecule has 3 heteroatoms. The van der Waals surface area contributed by atoms with Crippen LogP contribution >= 0.6 is 0 Å². The Hall–Kier alpha value is -2.03. The molecule has 2 aromatic carbocycles. The summed E-state index contributed by atoms with van der Waals surface area (Å²) in [5, 5.41) is 19.8. The van der Waals surface area contributed by atoms with Gasteiger partial charge in [-0.05, 0) is 22.9 Å². The van der Waals surface area contributed by atoms with Crippen LogP contribution in [0.15, 0.2) is 36.4 Å². The van der Waals surface area contributed by atoms with Crippen LogP contribution in [0, 0.1) is 0 Å². The number of carbonyl (C=O) groups is 1. The lowest BCUT2D eigenvalue weighted by Gasteiger charge is -2.02. The molecule has 0 aliphatic carbocycles. The highest BCUT2D eigenvalue weighted by atomic mass is 16.4. The van der Waals surface area contributed by atoms with E-state index in [0.29, 0.717) is 0 Å². The standard InChI is InChI=1S/C11H8O3/c12-10-6-8-4-2-1-3-7(8)5-9(10)11(13)14/h1-6,12H,(H,13,14)/i10+1. The molecule has 0 saturated carbocycles. The fraction of sp³-hybridized carbons (Fsp3) is 0. The Labute approximate surface area is 80.2 Å². The van der Waals surface area contributed by atoms with Crippen molar-refractivity contribution in [3.05, 3.63) is 42.0 Å². The summed E-state index contributed by atoms with van der Waals surface area (Å²) >= 11 is 0. The maximum Gasteiger partial charge on any atom is 0.339 e. The summed E-state index contributed by atoms with van der Waals surface area (Å²) in [6.45, 7) is 0. The van der Waals surface area contributed by atoms with E-state index >= 15 is 0 Å². The summed E-state index contributed by atoms with van der Waals surface area (Å²) in [5.74, 6) is -1.32. The van der Waals surface area contributed by atoms with Crippen LogP contribution in [0.4, 0.5) is 0 Å². The molecule has 0 radical (unpaired) electrons. The van der Waals surface area contributed by atoms with Gasteiger partial charge in [-0.2, -0.15) is 0 Å². The van der Waals surface area contributed by atoms with Gasteiger partial charge in [-0.1, -0.05) is 24.3 Å². The molecule has 0 unspecified atom stereocenters. The van der Waals surface area contributed by atoms with Crippen molar-refractivity contribution in [1.29, 1.82) is 0 Å². The van der Waals surface area contributed by atoms with Crippen molar-refractivity contribution >= 4 is 16.7 Å². The van der Waals surface area contributed by atoms with Gasteiger partial charge in [0.1, 0.15) is 11.3 Å². The largest absolute Gasteiger partial charge is 0.507 e. The zero-order valence-electron chi connectivity index (χ0n) is 7.27.